The normalized spacial score (nSPS) is 13.4. The van der Waals surface area contributed by atoms with Crippen LogP contribution in [0.5, 0.6) is 0 Å². The van der Waals surface area contributed by atoms with Gasteiger partial charge in [0.25, 0.3) is 0 Å². The van der Waals surface area contributed by atoms with Crippen LogP contribution in [0.15, 0.2) is 18.5 Å². The largest absolute Gasteiger partial charge is 0.370 e. The zero-order valence-corrected chi connectivity index (χ0v) is 14.0. The van der Waals surface area contributed by atoms with Crippen molar-refractivity contribution in [3.8, 4) is 11.3 Å². The van der Waals surface area contributed by atoms with Crippen LogP contribution in [0.4, 0.5) is 0 Å². The molecular weight excluding hydrogens is 284 g/mol. The second-order valence-corrected chi connectivity index (χ2v) is 6.54. The number of hydrogen-bond acceptors (Lipinski definition) is 4. The van der Waals surface area contributed by atoms with Crippen LogP contribution in [0, 0.1) is 10.1 Å². The Morgan fingerprint density at radius 2 is 2.14 bits per heavy atom. The molecule has 0 saturated carbocycles. The summed E-state index contributed by atoms with van der Waals surface area (Å²) in [5.74, 6) is 0.760. The van der Waals surface area contributed by atoms with E-state index in [1.54, 1.807) is 10.9 Å². The Balaban J connectivity index is 2.49. The molecule has 0 radical (unpaired) electrons. The lowest BCUT2D eigenvalue weighted by Crippen LogP contribution is -2.23. The molecule has 1 atom stereocenters. The molecular formula is C15H22N4OS. The molecule has 1 N–H and O–H groups in total. The van der Waals surface area contributed by atoms with Gasteiger partial charge in [-0.2, -0.15) is 5.10 Å². The first kappa shape index (κ1) is 15.9. The number of ether oxygens (including phenoxy) is 1. The van der Waals surface area contributed by atoms with Crippen molar-refractivity contribution in [1.82, 2.24) is 19.7 Å². The van der Waals surface area contributed by atoms with Gasteiger partial charge in [-0.25, -0.2) is 4.98 Å². The fourth-order valence-corrected chi connectivity index (χ4v) is 2.44. The van der Waals surface area contributed by atoms with E-state index in [0.717, 1.165) is 17.1 Å². The SMILES string of the molecule is CCOC(c1nc(=S)cc(-c2cnn(C)c2)[nH]1)C(C)(C)C. The van der Waals surface area contributed by atoms with E-state index < -0.39 is 0 Å². The fourth-order valence-electron chi connectivity index (χ4n) is 2.22. The van der Waals surface area contributed by atoms with Gasteiger partial charge >= 0.3 is 0 Å². The Bertz CT molecular complexity index is 669. The molecule has 0 aliphatic heterocycles. The minimum atomic E-state index is -0.138. The molecule has 1 unspecified atom stereocenters. The van der Waals surface area contributed by atoms with E-state index in [4.69, 9.17) is 17.0 Å². The van der Waals surface area contributed by atoms with Gasteiger partial charge in [-0.05, 0) is 18.4 Å². The summed E-state index contributed by atoms with van der Waals surface area (Å²) in [6.07, 6.45) is 3.61. The molecule has 2 aromatic rings. The summed E-state index contributed by atoms with van der Waals surface area (Å²) >= 11 is 5.31. The van der Waals surface area contributed by atoms with Crippen molar-refractivity contribution in [1.29, 1.82) is 0 Å². The van der Waals surface area contributed by atoms with E-state index in [9.17, 15) is 0 Å². The highest BCUT2D eigenvalue weighted by Crippen LogP contribution is 2.34. The highest BCUT2D eigenvalue weighted by molar-refractivity contribution is 7.71. The van der Waals surface area contributed by atoms with Gasteiger partial charge in [0.05, 0.1) is 11.9 Å². The molecule has 0 aliphatic carbocycles. The molecule has 0 aliphatic rings. The van der Waals surface area contributed by atoms with Crippen molar-refractivity contribution in [2.75, 3.05) is 6.61 Å². The Morgan fingerprint density at radius 1 is 1.43 bits per heavy atom. The minimum Gasteiger partial charge on any atom is -0.370 e. The summed E-state index contributed by atoms with van der Waals surface area (Å²) < 4.78 is 8.20. The van der Waals surface area contributed by atoms with Crippen LogP contribution >= 0.6 is 12.2 Å². The minimum absolute atomic E-state index is 0.0746. The molecule has 0 saturated heterocycles. The first-order chi connectivity index (χ1) is 9.81. The van der Waals surface area contributed by atoms with Crippen LogP contribution in [-0.4, -0.2) is 26.4 Å². The number of H-pyrrole nitrogens is 1. The first-order valence-corrected chi connectivity index (χ1v) is 7.44. The van der Waals surface area contributed by atoms with Gasteiger partial charge in [-0.3, -0.25) is 4.68 Å². The molecule has 5 nitrogen and oxygen atoms in total. The Morgan fingerprint density at radius 3 is 2.67 bits per heavy atom. The summed E-state index contributed by atoms with van der Waals surface area (Å²) in [6.45, 7) is 8.99. The third-order valence-corrected chi connectivity index (χ3v) is 3.35. The topological polar surface area (TPSA) is 55.7 Å². The Labute approximate surface area is 130 Å². The van der Waals surface area contributed by atoms with Crippen LogP contribution in [0.25, 0.3) is 11.3 Å². The van der Waals surface area contributed by atoms with E-state index in [1.165, 1.54) is 0 Å². The maximum Gasteiger partial charge on any atom is 0.137 e. The average Bonchev–Trinajstić information content (AvgIpc) is 2.80. The highest BCUT2D eigenvalue weighted by Gasteiger charge is 2.29. The van der Waals surface area contributed by atoms with Crippen molar-refractivity contribution in [2.45, 2.75) is 33.8 Å². The zero-order valence-electron chi connectivity index (χ0n) is 13.2. The van der Waals surface area contributed by atoms with Crippen molar-refractivity contribution in [2.24, 2.45) is 12.5 Å². The van der Waals surface area contributed by atoms with Gasteiger partial charge in [0.2, 0.25) is 0 Å². The summed E-state index contributed by atoms with van der Waals surface area (Å²) in [7, 11) is 1.89. The monoisotopic (exact) mass is 306 g/mol. The lowest BCUT2D eigenvalue weighted by atomic mass is 9.88. The van der Waals surface area contributed by atoms with Gasteiger partial charge in [-0.1, -0.05) is 33.0 Å². The highest BCUT2D eigenvalue weighted by atomic mass is 32.1. The second-order valence-electron chi connectivity index (χ2n) is 6.12. The molecule has 21 heavy (non-hydrogen) atoms. The number of nitrogens with one attached hydrogen (secondary N) is 1. The number of hydrogen-bond donors (Lipinski definition) is 1. The molecule has 0 amide bonds. The number of aromatic nitrogens is 4. The number of aryl methyl sites for hydroxylation is 1. The fraction of sp³-hybridized carbons (Fsp3) is 0.533. The van der Waals surface area contributed by atoms with E-state index in [1.807, 2.05) is 26.2 Å². The second kappa shape index (κ2) is 6.07. The first-order valence-electron chi connectivity index (χ1n) is 7.03. The summed E-state index contributed by atoms with van der Waals surface area (Å²) in [5, 5.41) is 4.19. The average molecular weight is 306 g/mol. The molecule has 2 aromatic heterocycles. The molecule has 0 aromatic carbocycles. The van der Waals surface area contributed by atoms with Gasteiger partial charge in [0, 0.05) is 25.4 Å². The Hall–Kier alpha value is -1.53. The molecule has 0 spiro atoms. The summed E-state index contributed by atoms with van der Waals surface area (Å²) in [6, 6.07) is 1.85. The van der Waals surface area contributed by atoms with Gasteiger partial charge in [0.1, 0.15) is 16.6 Å². The molecule has 114 valence electrons. The molecule has 2 rings (SSSR count). The van der Waals surface area contributed by atoms with E-state index in [-0.39, 0.29) is 11.5 Å². The lowest BCUT2D eigenvalue weighted by molar-refractivity contribution is -0.0191. The van der Waals surface area contributed by atoms with Gasteiger partial charge < -0.3 is 9.72 Å². The number of nitrogens with zero attached hydrogens (tertiary/aromatic N) is 3. The predicted molar refractivity (Wildman–Crippen MR) is 85.4 cm³/mol. The summed E-state index contributed by atoms with van der Waals surface area (Å²) in [5.41, 5.74) is 1.82. The number of aromatic amines is 1. The van der Waals surface area contributed by atoms with E-state index >= 15 is 0 Å². The maximum absolute atomic E-state index is 5.88. The summed E-state index contributed by atoms with van der Waals surface area (Å²) in [4.78, 5) is 7.81. The van der Waals surface area contributed by atoms with Crippen LogP contribution in [-0.2, 0) is 11.8 Å². The third-order valence-electron chi connectivity index (χ3n) is 3.15. The molecule has 0 bridgehead atoms. The lowest BCUT2D eigenvalue weighted by Gasteiger charge is -2.29. The van der Waals surface area contributed by atoms with Gasteiger partial charge in [-0.15, -0.1) is 0 Å². The standard InChI is InChI=1S/C15H22N4OS/c1-6-20-13(15(2,3)4)14-17-11(7-12(21)18-14)10-8-16-19(5)9-10/h7-9,13H,6H2,1-5H3,(H,17,18,21). The van der Waals surface area contributed by atoms with E-state index in [0.29, 0.717) is 11.2 Å². The van der Waals surface area contributed by atoms with E-state index in [2.05, 4.69) is 35.8 Å². The van der Waals surface area contributed by atoms with Crippen LogP contribution in [0.2, 0.25) is 0 Å². The predicted octanol–water partition coefficient (Wildman–Crippen LogP) is 3.66. The van der Waals surface area contributed by atoms with Crippen molar-refractivity contribution >= 4 is 12.2 Å². The number of rotatable bonds is 4. The van der Waals surface area contributed by atoms with Crippen LogP contribution in [0.1, 0.15) is 39.6 Å². The van der Waals surface area contributed by atoms with Crippen molar-refractivity contribution in [3.05, 3.63) is 28.9 Å². The van der Waals surface area contributed by atoms with Crippen molar-refractivity contribution in [3.63, 3.8) is 0 Å². The van der Waals surface area contributed by atoms with Crippen LogP contribution < -0.4 is 0 Å². The molecule has 0 fully saturated rings. The molecule has 2 heterocycles. The third kappa shape index (κ3) is 3.77. The zero-order chi connectivity index (χ0) is 15.6. The molecule has 6 heteroatoms. The van der Waals surface area contributed by atoms with Crippen LogP contribution in [0.3, 0.4) is 0 Å². The quantitative estimate of drug-likeness (QED) is 0.876. The smallest absolute Gasteiger partial charge is 0.137 e. The maximum atomic E-state index is 5.88. The van der Waals surface area contributed by atoms with Gasteiger partial charge in [0.15, 0.2) is 0 Å². The Kier molecular flexibility index (Phi) is 4.58. The van der Waals surface area contributed by atoms with Crippen molar-refractivity contribution < 1.29 is 4.74 Å².